The molecule has 3 aromatic rings. The van der Waals surface area contributed by atoms with Gasteiger partial charge in [0.2, 0.25) is 5.91 Å². The number of halogens is 2. The Morgan fingerprint density at radius 1 is 1.09 bits per heavy atom. The standard InChI is InChI=1S/C23H22BrClN2O4S/c1-3-31-22-7-5-4-6-21(22)27(32(29,30)18-11-8-16(2)9-12-18)15-23(28)26-17-10-13-19(24)20(25)14-17/h4-14H,3,15H2,1-2H3,(H,26,28). The Balaban J connectivity index is 1.99. The van der Waals surface area contributed by atoms with Crippen molar-refractivity contribution in [2.75, 3.05) is 22.8 Å². The number of nitrogens with one attached hydrogen (secondary N) is 1. The van der Waals surface area contributed by atoms with E-state index in [9.17, 15) is 13.2 Å². The van der Waals surface area contributed by atoms with Crippen LogP contribution in [0.2, 0.25) is 5.02 Å². The van der Waals surface area contributed by atoms with Crippen molar-refractivity contribution in [1.82, 2.24) is 0 Å². The Morgan fingerprint density at radius 3 is 2.44 bits per heavy atom. The molecule has 0 radical (unpaired) electrons. The molecule has 168 valence electrons. The number of ether oxygens (including phenoxy) is 1. The van der Waals surface area contributed by atoms with Crippen molar-refractivity contribution in [1.29, 1.82) is 0 Å². The molecular formula is C23H22BrClN2O4S. The number of benzene rings is 3. The topological polar surface area (TPSA) is 75.7 Å². The number of carbonyl (C=O) groups excluding carboxylic acids is 1. The van der Waals surface area contributed by atoms with Crippen LogP contribution in [0.5, 0.6) is 5.75 Å². The van der Waals surface area contributed by atoms with Gasteiger partial charge in [0.05, 0.1) is 22.2 Å². The van der Waals surface area contributed by atoms with Crippen LogP contribution in [-0.2, 0) is 14.8 Å². The van der Waals surface area contributed by atoms with Crippen molar-refractivity contribution >= 4 is 54.8 Å². The molecule has 0 aliphatic carbocycles. The zero-order valence-corrected chi connectivity index (χ0v) is 20.7. The average molecular weight is 538 g/mol. The molecule has 32 heavy (non-hydrogen) atoms. The third-order valence-corrected chi connectivity index (χ3v) is 7.54. The maximum atomic E-state index is 13.6. The fourth-order valence-corrected chi connectivity index (χ4v) is 4.84. The Kier molecular flexibility index (Phi) is 7.82. The molecule has 0 bridgehead atoms. The molecule has 0 atom stereocenters. The second kappa shape index (κ2) is 10.4. The quantitative estimate of drug-likeness (QED) is 0.403. The van der Waals surface area contributed by atoms with Crippen LogP contribution in [0.3, 0.4) is 0 Å². The summed E-state index contributed by atoms with van der Waals surface area (Å²) in [6.45, 7) is 3.57. The van der Waals surface area contributed by atoms with Gasteiger partial charge in [0.1, 0.15) is 12.3 Å². The largest absolute Gasteiger partial charge is 0.492 e. The van der Waals surface area contributed by atoms with Crippen molar-refractivity contribution in [3.63, 3.8) is 0 Å². The minimum Gasteiger partial charge on any atom is -0.492 e. The number of anilines is 2. The number of aryl methyl sites for hydroxylation is 1. The number of hydrogen-bond donors (Lipinski definition) is 1. The highest BCUT2D eigenvalue weighted by Crippen LogP contribution is 2.33. The first kappa shape index (κ1) is 24.1. The summed E-state index contributed by atoms with van der Waals surface area (Å²) < 4.78 is 34.5. The molecule has 1 N–H and O–H groups in total. The first-order chi connectivity index (χ1) is 15.2. The molecule has 0 saturated carbocycles. The molecule has 0 aromatic heterocycles. The van der Waals surface area contributed by atoms with E-state index in [4.69, 9.17) is 16.3 Å². The zero-order valence-electron chi connectivity index (χ0n) is 17.5. The number of para-hydroxylation sites is 2. The van der Waals surface area contributed by atoms with Gasteiger partial charge in [-0.2, -0.15) is 0 Å². The Morgan fingerprint density at radius 2 is 1.78 bits per heavy atom. The summed E-state index contributed by atoms with van der Waals surface area (Å²) >= 11 is 9.40. The number of sulfonamides is 1. The van der Waals surface area contributed by atoms with E-state index in [-0.39, 0.29) is 10.6 Å². The van der Waals surface area contributed by atoms with Gasteiger partial charge in [0, 0.05) is 10.2 Å². The monoisotopic (exact) mass is 536 g/mol. The molecule has 0 spiro atoms. The molecular weight excluding hydrogens is 516 g/mol. The van der Waals surface area contributed by atoms with Crippen LogP contribution in [0.25, 0.3) is 0 Å². The Labute approximate surface area is 201 Å². The smallest absolute Gasteiger partial charge is 0.264 e. The SMILES string of the molecule is CCOc1ccccc1N(CC(=O)Nc1ccc(Br)c(Cl)c1)S(=O)(=O)c1ccc(C)cc1. The molecule has 3 aromatic carbocycles. The van der Waals surface area contributed by atoms with Crippen molar-refractivity contribution in [3.8, 4) is 5.75 Å². The van der Waals surface area contributed by atoms with E-state index < -0.39 is 22.5 Å². The summed E-state index contributed by atoms with van der Waals surface area (Å²) in [6, 6.07) is 18.1. The van der Waals surface area contributed by atoms with Gasteiger partial charge in [-0.25, -0.2) is 8.42 Å². The van der Waals surface area contributed by atoms with Gasteiger partial charge in [-0.05, 0) is 72.2 Å². The summed E-state index contributed by atoms with van der Waals surface area (Å²) in [5.74, 6) is -0.157. The first-order valence-corrected chi connectivity index (χ1v) is 12.4. The molecule has 0 heterocycles. The summed E-state index contributed by atoms with van der Waals surface area (Å²) in [7, 11) is -4.05. The molecule has 3 rings (SSSR count). The summed E-state index contributed by atoms with van der Waals surface area (Å²) in [4.78, 5) is 13.0. The lowest BCUT2D eigenvalue weighted by Crippen LogP contribution is -2.38. The molecule has 0 saturated heterocycles. The number of amides is 1. The highest BCUT2D eigenvalue weighted by Gasteiger charge is 2.29. The maximum absolute atomic E-state index is 13.6. The number of rotatable bonds is 8. The van der Waals surface area contributed by atoms with Crippen LogP contribution >= 0.6 is 27.5 Å². The predicted octanol–water partition coefficient (Wildman–Crippen LogP) is 5.64. The van der Waals surface area contributed by atoms with Crippen LogP contribution in [0.4, 0.5) is 11.4 Å². The van der Waals surface area contributed by atoms with E-state index in [1.165, 1.54) is 12.1 Å². The second-order valence-corrected chi connectivity index (χ2v) is 10.0. The van der Waals surface area contributed by atoms with Crippen LogP contribution < -0.4 is 14.4 Å². The minimum absolute atomic E-state index is 0.0777. The highest BCUT2D eigenvalue weighted by molar-refractivity contribution is 9.10. The van der Waals surface area contributed by atoms with E-state index in [2.05, 4.69) is 21.2 Å². The second-order valence-electron chi connectivity index (χ2n) is 6.90. The summed E-state index contributed by atoms with van der Waals surface area (Å²) in [5, 5.41) is 3.13. The van der Waals surface area contributed by atoms with Crippen molar-refractivity contribution in [2.24, 2.45) is 0 Å². The van der Waals surface area contributed by atoms with Crippen LogP contribution in [-0.4, -0.2) is 27.5 Å². The molecule has 0 aliphatic rings. The summed E-state index contributed by atoms with van der Waals surface area (Å²) in [6.07, 6.45) is 0. The van der Waals surface area contributed by atoms with Gasteiger partial charge in [-0.1, -0.05) is 41.4 Å². The lowest BCUT2D eigenvalue weighted by atomic mass is 10.2. The lowest BCUT2D eigenvalue weighted by molar-refractivity contribution is -0.114. The normalized spacial score (nSPS) is 11.1. The number of hydrogen-bond acceptors (Lipinski definition) is 4. The molecule has 1 amide bonds. The third kappa shape index (κ3) is 5.62. The summed E-state index contributed by atoms with van der Waals surface area (Å²) in [5.41, 5.74) is 1.66. The number of nitrogens with zero attached hydrogens (tertiary/aromatic N) is 1. The van der Waals surface area contributed by atoms with Crippen LogP contribution in [0.1, 0.15) is 12.5 Å². The fraction of sp³-hybridized carbons (Fsp3) is 0.174. The van der Waals surface area contributed by atoms with Gasteiger partial charge >= 0.3 is 0 Å². The van der Waals surface area contributed by atoms with E-state index in [0.29, 0.717) is 27.5 Å². The highest BCUT2D eigenvalue weighted by atomic mass is 79.9. The zero-order chi connectivity index (χ0) is 23.3. The molecule has 6 nitrogen and oxygen atoms in total. The van der Waals surface area contributed by atoms with Crippen LogP contribution in [0, 0.1) is 6.92 Å². The van der Waals surface area contributed by atoms with Crippen molar-refractivity contribution < 1.29 is 17.9 Å². The van der Waals surface area contributed by atoms with E-state index in [1.54, 1.807) is 61.5 Å². The minimum atomic E-state index is -4.05. The van der Waals surface area contributed by atoms with E-state index >= 15 is 0 Å². The van der Waals surface area contributed by atoms with Crippen molar-refractivity contribution in [3.05, 3.63) is 81.8 Å². The molecule has 0 fully saturated rings. The van der Waals surface area contributed by atoms with E-state index in [0.717, 1.165) is 9.87 Å². The predicted molar refractivity (Wildman–Crippen MR) is 131 cm³/mol. The van der Waals surface area contributed by atoms with Gasteiger partial charge in [-0.3, -0.25) is 9.10 Å². The van der Waals surface area contributed by atoms with Gasteiger partial charge in [-0.15, -0.1) is 0 Å². The van der Waals surface area contributed by atoms with Crippen LogP contribution in [0.15, 0.2) is 76.1 Å². The lowest BCUT2D eigenvalue weighted by Gasteiger charge is -2.26. The Hall–Kier alpha value is -2.55. The van der Waals surface area contributed by atoms with E-state index in [1.807, 2.05) is 6.92 Å². The molecule has 9 heteroatoms. The van der Waals surface area contributed by atoms with Crippen molar-refractivity contribution in [2.45, 2.75) is 18.7 Å². The maximum Gasteiger partial charge on any atom is 0.264 e. The number of carbonyl (C=O) groups is 1. The molecule has 0 aliphatic heterocycles. The fourth-order valence-electron chi connectivity index (χ4n) is 2.98. The Bertz CT molecular complexity index is 1220. The van der Waals surface area contributed by atoms with Gasteiger partial charge in [0.15, 0.2) is 0 Å². The van der Waals surface area contributed by atoms with Gasteiger partial charge < -0.3 is 10.1 Å². The molecule has 0 unspecified atom stereocenters. The third-order valence-electron chi connectivity index (χ3n) is 4.53. The van der Waals surface area contributed by atoms with Gasteiger partial charge in [0.25, 0.3) is 10.0 Å². The first-order valence-electron chi connectivity index (χ1n) is 9.78. The average Bonchev–Trinajstić information content (AvgIpc) is 2.76.